The first-order valence-electron chi connectivity index (χ1n) is 11.8. The monoisotopic (exact) mass is 424 g/mol. The van der Waals surface area contributed by atoms with Crippen molar-refractivity contribution in [1.29, 1.82) is 0 Å². The lowest BCUT2D eigenvalue weighted by molar-refractivity contribution is -0.0276. The number of aromatic nitrogens is 5. The van der Waals surface area contributed by atoms with Gasteiger partial charge in [0.05, 0.1) is 37.0 Å². The maximum Gasteiger partial charge on any atom is 0.154 e. The third-order valence-electron chi connectivity index (χ3n) is 7.11. The highest BCUT2D eigenvalue weighted by Gasteiger charge is 2.42. The Morgan fingerprint density at radius 2 is 2.00 bits per heavy atom. The van der Waals surface area contributed by atoms with Crippen LogP contribution in [-0.4, -0.2) is 49.5 Å². The van der Waals surface area contributed by atoms with Crippen molar-refractivity contribution < 1.29 is 4.74 Å². The Kier molecular flexibility index (Phi) is 4.92. The lowest BCUT2D eigenvalue weighted by Crippen LogP contribution is -2.38. The number of hydrogen-bond donors (Lipinski definition) is 2. The van der Waals surface area contributed by atoms with Gasteiger partial charge in [-0.05, 0) is 46.0 Å². The van der Waals surface area contributed by atoms with Gasteiger partial charge in [0.25, 0.3) is 0 Å². The summed E-state index contributed by atoms with van der Waals surface area (Å²) in [6.07, 6.45) is 8.09. The number of rotatable bonds is 5. The first-order chi connectivity index (χ1) is 15.1. The van der Waals surface area contributed by atoms with Crippen molar-refractivity contribution in [2.24, 2.45) is 5.92 Å². The quantitative estimate of drug-likeness (QED) is 0.754. The Morgan fingerprint density at radius 1 is 1.10 bits per heavy atom. The van der Waals surface area contributed by atoms with Gasteiger partial charge in [0, 0.05) is 30.5 Å². The summed E-state index contributed by atoms with van der Waals surface area (Å²) < 4.78 is 8.23. The molecule has 31 heavy (non-hydrogen) atoms. The lowest BCUT2D eigenvalue weighted by atomic mass is 9.79. The van der Waals surface area contributed by atoms with Gasteiger partial charge in [-0.25, -0.2) is 25.1 Å². The zero-order valence-electron chi connectivity index (χ0n) is 18.4. The molecule has 9 nitrogen and oxygen atoms in total. The molecule has 0 bridgehead atoms. The Balaban J connectivity index is 1.19. The van der Waals surface area contributed by atoms with E-state index in [4.69, 9.17) is 14.8 Å². The summed E-state index contributed by atoms with van der Waals surface area (Å²) in [7, 11) is 0. The van der Waals surface area contributed by atoms with Crippen LogP contribution in [0.25, 0.3) is 0 Å². The van der Waals surface area contributed by atoms with E-state index in [-0.39, 0.29) is 12.1 Å². The predicted molar refractivity (Wildman–Crippen MR) is 115 cm³/mol. The van der Waals surface area contributed by atoms with E-state index in [1.165, 1.54) is 12.8 Å². The van der Waals surface area contributed by atoms with Crippen LogP contribution in [0.1, 0.15) is 75.3 Å². The van der Waals surface area contributed by atoms with E-state index in [9.17, 15) is 0 Å². The molecule has 6 rings (SSSR count). The summed E-state index contributed by atoms with van der Waals surface area (Å²) in [5.41, 5.74) is 8.08. The molecule has 2 aliphatic heterocycles. The van der Waals surface area contributed by atoms with Gasteiger partial charge in [-0.1, -0.05) is 0 Å². The molecule has 2 aliphatic carbocycles. The molecule has 0 aromatic carbocycles. The maximum absolute atomic E-state index is 6.15. The zero-order chi connectivity index (χ0) is 20.9. The van der Waals surface area contributed by atoms with E-state index in [0.717, 1.165) is 62.1 Å². The molecule has 0 radical (unpaired) electrons. The highest BCUT2D eigenvalue weighted by atomic mass is 16.5. The summed E-state index contributed by atoms with van der Waals surface area (Å²) >= 11 is 0. The standard InChI is InChI=1S/C22H32N8O/c1-13(2)31-15-5-6-17-16(9-15)21(27-26-17)18-10-19(24-12-23-18)29-7-8-30-20(11-29)25-22(28-30)14-3-4-14/h10,12-17,21,26-27H,3-9,11H2,1-2H3. The van der Waals surface area contributed by atoms with E-state index < -0.39 is 0 Å². The second kappa shape index (κ2) is 7.79. The number of hydrogen-bond acceptors (Lipinski definition) is 8. The molecule has 0 amide bonds. The molecule has 1 saturated heterocycles. The fraction of sp³-hybridized carbons (Fsp3) is 0.727. The van der Waals surface area contributed by atoms with Gasteiger partial charge >= 0.3 is 0 Å². The van der Waals surface area contributed by atoms with Crippen molar-refractivity contribution in [3.8, 4) is 0 Å². The Hall–Kier alpha value is -2.10. The Bertz CT molecular complexity index is 941. The molecule has 4 unspecified atom stereocenters. The molecule has 4 heterocycles. The van der Waals surface area contributed by atoms with Crippen LogP contribution in [0.15, 0.2) is 12.4 Å². The van der Waals surface area contributed by atoms with Gasteiger partial charge in [0.1, 0.15) is 18.0 Å². The van der Waals surface area contributed by atoms with Crippen molar-refractivity contribution in [3.05, 3.63) is 29.7 Å². The van der Waals surface area contributed by atoms with Crippen LogP contribution in [0, 0.1) is 5.92 Å². The van der Waals surface area contributed by atoms with Crippen LogP contribution in [-0.2, 0) is 17.8 Å². The highest BCUT2D eigenvalue weighted by Crippen LogP contribution is 2.40. The first kappa shape index (κ1) is 19.6. The number of fused-ring (bicyclic) bond motifs is 2. The van der Waals surface area contributed by atoms with Crippen LogP contribution < -0.4 is 15.8 Å². The van der Waals surface area contributed by atoms with Crippen molar-refractivity contribution >= 4 is 5.82 Å². The molecule has 2 N–H and O–H groups in total. The van der Waals surface area contributed by atoms with Crippen molar-refractivity contribution in [1.82, 2.24) is 35.6 Å². The molecule has 2 aromatic rings. The van der Waals surface area contributed by atoms with E-state index in [2.05, 4.69) is 50.3 Å². The maximum atomic E-state index is 6.15. The van der Waals surface area contributed by atoms with Crippen molar-refractivity contribution in [3.63, 3.8) is 0 Å². The summed E-state index contributed by atoms with van der Waals surface area (Å²) in [5.74, 6) is 4.12. The van der Waals surface area contributed by atoms with Gasteiger partial charge in [0.15, 0.2) is 5.82 Å². The van der Waals surface area contributed by atoms with Crippen LogP contribution in [0.3, 0.4) is 0 Å². The van der Waals surface area contributed by atoms with Gasteiger partial charge in [0.2, 0.25) is 0 Å². The Labute approximate surface area is 183 Å². The molecular weight excluding hydrogens is 392 g/mol. The van der Waals surface area contributed by atoms with Gasteiger partial charge < -0.3 is 9.64 Å². The summed E-state index contributed by atoms with van der Waals surface area (Å²) in [6.45, 7) is 6.75. The average Bonchev–Trinajstić information content (AvgIpc) is 3.40. The van der Waals surface area contributed by atoms with E-state index in [1.807, 2.05) is 0 Å². The SMILES string of the molecule is CC(C)OC1CCC2NNC(c3cc(N4CCn5nc(C6CC6)nc5C4)ncn3)C2C1. The molecule has 4 aliphatic rings. The van der Waals surface area contributed by atoms with Crippen LogP contribution in [0.2, 0.25) is 0 Å². The van der Waals surface area contributed by atoms with Crippen LogP contribution >= 0.6 is 0 Å². The molecule has 9 heteroatoms. The topological polar surface area (TPSA) is 93.0 Å². The number of nitrogens with zero attached hydrogens (tertiary/aromatic N) is 6. The lowest BCUT2D eigenvalue weighted by Gasteiger charge is -2.34. The minimum absolute atomic E-state index is 0.181. The van der Waals surface area contributed by atoms with Crippen molar-refractivity contribution in [2.75, 3.05) is 11.4 Å². The zero-order valence-corrected chi connectivity index (χ0v) is 18.4. The minimum atomic E-state index is 0.181. The summed E-state index contributed by atoms with van der Waals surface area (Å²) in [4.78, 5) is 16.4. The van der Waals surface area contributed by atoms with E-state index in [1.54, 1.807) is 6.33 Å². The molecule has 2 aromatic heterocycles. The number of hydrazine groups is 1. The first-order valence-corrected chi connectivity index (χ1v) is 11.8. The molecule has 166 valence electrons. The second-order valence-electron chi connectivity index (χ2n) is 9.76. The highest BCUT2D eigenvalue weighted by molar-refractivity contribution is 5.41. The third-order valence-corrected chi connectivity index (χ3v) is 7.11. The predicted octanol–water partition coefficient (Wildman–Crippen LogP) is 2.08. The molecule has 0 spiro atoms. The smallest absolute Gasteiger partial charge is 0.154 e. The fourth-order valence-corrected chi connectivity index (χ4v) is 5.39. The van der Waals surface area contributed by atoms with Crippen LogP contribution in [0.4, 0.5) is 5.82 Å². The van der Waals surface area contributed by atoms with Crippen molar-refractivity contribution in [2.45, 2.75) is 89.3 Å². The van der Waals surface area contributed by atoms with Gasteiger partial charge in [-0.2, -0.15) is 5.10 Å². The average molecular weight is 425 g/mol. The second-order valence-corrected chi connectivity index (χ2v) is 9.76. The molecular formula is C22H32N8O. The minimum Gasteiger partial charge on any atom is -0.376 e. The molecule has 3 fully saturated rings. The normalized spacial score (nSPS) is 30.5. The van der Waals surface area contributed by atoms with Gasteiger partial charge in [-0.15, -0.1) is 0 Å². The molecule has 2 saturated carbocycles. The summed E-state index contributed by atoms with van der Waals surface area (Å²) in [5, 5.41) is 4.71. The largest absolute Gasteiger partial charge is 0.376 e. The van der Waals surface area contributed by atoms with Crippen LogP contribution in [0.5, 0.6) is 0 Å². The van der Waals surface area contributed by atoms with Gasteiger partial charge in [-0.3, -0.25) is 5.43 Å². The van der Waals surface area contributed by atoms with E-state index >= 15 is 0 Å². The number of anilines is 1. The number of ether oxygens (including phenoxy) is 1. The Morgan fingerprint density at radius 3 is 2.84 bits per heavy atom. The third kappa shape index (κ3) is 3.83. The molecule has 4 atom stereocenters. The van der Waals surface area contributed by atoms with E-state index in [0.29, 0.717) is 24.0 Å². The number of nitrogens with one attached hydrogen (secondary N) is 2. The fourth-order valence-electron chi connectivity index (χ4n) is 5.39. The summed E-state index contributed by atoms with van der Waals surface area (Å²) in [6, 6.07) is 2.81.